The van der Waals surface area contributed by atoms with Crippen LogP contribution in [0.3, 0.4) is 0 Å². The third kappa shape index (κ3) is 2.31. The van der Waals surface area contributed by atoms with Crippen molar-refractivity contribution in [3.05, 3.63) is 16.6 Å². The molecule has 0 atom stereocenters. The summed E-state index contributed by atoms with van der Waals surface area (Å²) in [7, 11) is 0. The van der Waals surface area contributed by atoms with Gasteiger partial charge in [0.15, 0.2) is 0 Å². The second-order valence-corrected chi connectivity index (χ2v) is 3.79. The summed E-state index contributed by atoms with van der Waals surface area (Å²) in [4.78, 5) is 0. The van der Waals surface area contributed by atoms with Gasteiger partial charge in [0, 0.05) is 18.7 Å². The summed E-state index contributed by atoms with van der Waals surface area (Å²) in [6, 6.07) is 3.10. The van der Waals surface area contributed by atoms with E-state index in [0.717, 1.165) is 0 Å². The van der Waals surface area contributed by atoms with Gasteiger partial charge in [-0.25, -0.2) is 0 Å². The zero-order valence-corrected chi connectivity index (χ0v) is 9.18. The molecule has 1 N–H and O–H groups in total. The third-order valence-corrected chi connectivity index (χ3v) is 2.54. The number of anilines is 1. The molecular weight excluding hydrogens is 272 g/mol. The Kier molecular flexibility index (Phi) is 2.95. The number of benzene rings is 1. The maximum absolute atomic E-state index is 12.0. The zero-order valence-electron chi connectivity index (χ0n) is 7.60. The molecule has 1 aliphatic heterocycles. The van der Waals surface area contributed by atoms with Crippen LogP contribution in [0.1, 0.15) is 0 Å². The molecule has 1 heterocycles. The lowest BCUT2D eigenvalue weighted by atomic mass is 10.2. The number of hydrogen-bond donors (Lipinski definition) is 1. The van der Waals surface area contributed by atoms with Crippen molar-refractivity contribution in [1.82, 2.24) is 0 Å². The van der Waals surface area contributed by atoms with Crippen molar-refractivity contribution >= 4 is 21.6 Å². The van der Waals surface area contributed by atoms with Crippen LogP contribution in [-0.2, 0) is 0 Å². The van der Waals surface area contributed by atoms with Crippen LogP contribution in [0.4, 0.5) is 14.5 Å². The molecule has 3 nitrogen and oxygen atoms in total. The van der Waals surface area contributed by atoms with E-state index in [0.29, 0.717) is 29.1 Å². The first kappa shape index (κ1) is 10.5. The number of ether oxygens (including phenoxy) is 2. The molecule has 2 rings (SSSR count). The first-order valence-corrected chi connectivity index (χ1v) is 5.11. The predicted molar refractivity (Wildman–Crippen MR) is 54.8 cm³/mol. The first-order valence-electron chi connectivity index (χ1n) is 4.32. The van der Waals surface area contributed by atoms with Gasteiger partial charge in [-0.2, -0.15) is 8.78 Å². The molecule has 0 unspecified atom stereocenters. The Morgan fingerprint density at radius 3 is 3.00 bits per heavy atom. The van der Waals surface area contributed by atoms with Gasteiger partial charge in [-0.15, -0.1) is 0 Å². The van der Waals surface area contributed by atoms with Gasteiger partial charge in [-0.05, 0) is 15.9 Å². The Labute approximate surface area is 93.5 Å². The van der Waals surface area contributed by atoms with Crippen LogP contribution in [0.2, 0.25) is 0 Å². The van der Waals surface area contributed by atoms with E-state index in [1.54, 1.807) is 6.07 Å². The van der Waals surface area contributed by atoms with Gasteiger partial charge < -0.3 is 14.8 Å². The van der Waals surface area contributed by atoms with E-state index in [4.69, 9.17) is 4.74 Å². The van der Waals surface area contributed by atoms with E-state index < -0.39 is 6.61 Å². The molecule has 0 bridgehead atoms. The van der Waals surface area contributed by atoms with E-state index in [1.165, 1.54) is 6.07 Å². The van der Waals surface area contributed by atoms with Crippen molar-refractivity contribution < 1.29 is 18.3 Å². The number of hydrogen-bond acceptors (Lipinski definition) is 3. The van der Waals surface area contributed by atoms with Gasteiger partial charge in [0.05, 0.1) is 10.2 Å². The Morgan fingerprint density at radius 1 is 1.47 bits per heavy atom. The number of alkyl halides is 2. The van der Waals surface area contributed by atoms with Crippen molar-refractivity contribution in [2.75, 3.05) is 18.5 Å². The van der Waals surface area contributed by atoms with Crippen LogP contribution in [0.5, 0.6) is 11.5 Å². The molecule has 1 aliphatic rings. The fourth-order valence-corrected chi connectivity index (χ4v) is 1.74. The van der Waals surface area contributed by atoms with Gasteiger partial charge in [0.25, 0.3) is 0 Å². The molecule has 0 saturated carbocycles. The van der Waals surface area contributed by atoms with Crippen molar-refractivity contribution in [1.29, 1.82) is 0 Å². The summed E-state index contributed by atoms with van der Waals surface area (Å²) in [5.41, 5.74) is 0.667. The van der Waals surface area contributed by atoms with Crippen LogP contribution in [0.15, 0.2) is 16.6 Å². The van der Waals surface area contributed by atoms with Crippen LogP contribution in [0, 0.1) is 0 Å². The van der Waals surface area contributed by atoms with Crippen LogP contribution in [-0.4, -0.2) is 19.8 Å². The molecule has 0 spiro atoms. The molecule has 0 saturated heterocycles. The predicted octanol–water partition coefficient (Wildman–Crippen LogP) is 2.85. The molecular formula is C9H8BrF2NO2. The smallest absolute Gasteiger partial charge is 0.387 e. The topological polar surface area (TPSA) is 30.5 Å². The lowest BCUT2D eigenvalue weighted by Gasteiger charge is -2.20. The van der Waals surface area contributed by atoms with Crippen molar-refractivity contribution in [2.45, 2.75) is 6.61 Å². The largest absolute Gasteiger partial charge is 0.490 e. The van der Waals surface area contributed by atoms with E-state index in [-0.39, 0.29) is 5.75 Å². The third-order valence-electron chi connectivity index (χ3n) is 1.93. The number of halogens is 3. The second-order valence-electron chi connectivity index (χ2n) is 2.93. The van der Waals surface area contributed by atoms with E-state index >= 15 is 0 Å². The number of nitrogens with one attached hydrogen (secondary N) is 1. The Morgan fingerprint density at radius 2 is 2.27 bits per heavy atom. The summed E-state index contributed by atoms with van der Waals surface area (Å²) in [5.74, 6) is 0.733. The highest BCUT2D eigenvalue weighted by Gasteiger charge is 2.15. The lowest BCUT2D eigenvalue weighted by molar-refractivity contribution is -0.0503. The average molecular weight is 280 g/mol. The normalized spacial score (nSPS) is 14.1. The molecule has 0 aliphatic carbocycles. The van der Waals surface area contributed by atoms with Gasteiger partial charge in [0.1, 0.15) is 18.1 Å². The SMILES string of the molecule is FC(F)Oc1cc2c(cc1Br)OCCN2. The van der Waals surface area contributed by atoms with Gasteiger partial charge >= 0.3 is 6.61 Å². The Bertz CT molecular complexity index is 373. The minimum Gasteiger partial charge on any atom is -0.490 e. The Hall–Kier alpha value is -1.04. The summed E-state index contributed by atoms with van der Waals surface area (Å²) in [5, 5.41) is 3.03. The highest BCUT2D eigenvalue weighted by Crippen LogP contribution is 2.38. The molecule has 1 aromatic rings. The summed E-state index contributed by atoms with van der Waals surface area (Å²) >= 11 is 3.14. The highest BCUT2D eigenvalue weighted by molar-refractivity contribution is 9.10. The second kappa shape index (κ2) is 4.22. The van der Waals surface area contributed by atoms with Crippen LogP contribution < -0.4 is 14.8 Å². The fraction of sp³-hybridized carbons (Fsp3) is 0.333. The maximum Gasteiger partial charge on any atom is 0.387 e. The minimum absolute atomic E-state index is 0.0988. The summed E-state index contributed by atoms with van der Waals surface area (Å²) in [6.45, 7) is -1.61. The van der Waals surface area contributed by atoms with E-state index in [9.17, 15) is 8.78 Å². The average Bonchev–Trinajstić information content (AvgIpc) is 2.18. The van der Waals surface area contributed by atoms with Gasteiger partial charge in [-0.1, -0.05) is 0 Å². The molecule has 15 heavy (non-hydrogen) atoms. The molecule has 0 fully saturated rings. The monoisotopic (exact) mass is 279 g/mol. The highest BCUT2D eigenvalue weighted by atomic mass is 79.9. The number of rotatable bonds is 2. The van der Waals surface area contributed by atoms with Crippen LogP contribution >= 0.6 is 15.9 Å². The maximum atomic E-state index is 12.0. The van der Waals surface area contributed by atoms with Crippen molar-refractivity contribution in [2.24, 2.45) is 0 Å². The van der Waals surface area contributed by atoms with E-state index in [1.807, 2.05) is 0 Å². The molecule has 6 heteroatoms. The lowest BCUT2D eigenvalue weighted by Crippen LogP contribution is -2.18. The standard InChI is InChI=1S/C9H8BrF2NO2/c10-5-3-8-6(13-1-2-14-8)4-7(5)15-9(11)12/h3-4,9,13H,1-2H2. The molecule has 1 aromatic carbocycles. The van der Waals surface area contributed by atoms with E-state index in [2.05, 4.69) is 26.0 Å². The van der Waals surface area contributed by atoms with Crippen molar-refractivity contribution in [3.8, 4) is 11.5 Å². The quantitative estimate of drug-likeness (QED) is 0.903. The molecule has 0 aromatic heterocycles. The van der Waals surface area contributed by atoms with Crippen LogP contribution in [0.25, 0.3) is 0 Å². The zero-order chi connectivity index (χ0) is 10.8. The number of fused-ring (bicyclic) bond motifs is 1. The van der Waals surface area contributed by atoms with Gasteiger partial charge in [0.2, 0.25) is 0 Å². The first-order chi connectivity index (χ1) is 7.16. The summed E-state index contributed by atoms with van der Waals surface area (Å²) in [6.07, 6.45) is 0. The molecule has 82 valence electrons. The fourth-order valence-electron chi connectivity index (χ4n) is 1.33. The van der Waals surface area contributed by atoms with Gasteiger partial charge in [-0.3, -0.25) is 0 Å². The molecule has 0 radical (unpaired) electrons. The van der Waals surface area contributed by atoms with Crippen molar-refractivity contribution in [3.63, 3.8) is 0 Å². The molecule has 0 amide bonds. The summed E-state index contributed by atoms with van der Waals surface area (Å²) < 4.78 is 34.2. The Balaban J connectivity index is 2.32. The minimum atomic E-state index is -2.83.